The molecule has 1 aromatic heterocycles. The molecular weight excluding hydrogens is 228 g/mol. The molecule has 0 bridgehead atoms. The monoisotopic (exact) mass is 244 g/mol. The maximum absolute atomic E-state index is 5.92. The van der Waals surface area contributed by atoms with Gasteiger partial charge >= 0.3 is 0 Å². The van der Waals surface area contributed by atoms with Crippen LogP contribution in [0.15, 0.2) is 12.1 Å². The van der Waals surface area contributed by atoms with Gasteiger partial charge in [0.05, 0.1) is 9.34 Å². The third-order valence-corrected chi connectivity index (χ3v) is 4.19. The van der Waals surface area contributed by atoms with Crippen LogP contribution >= 0.6 is 22.9 Å². The number of hydrogen-bond donors (Lipinski definition) is 1. The van der Waals surface area contributed by atoms with E-state index in [2.05, 4.69) is 23.3 Å². The highest BCUT2D eigenvalue weighted by Crippen LogP contribution is 2.29. The molecule has 0 aromatic carbocycles. The third-order valence-electron chi connectivity index (χ3n) is 2.84. The van der Waals surface area contributed by atoms with Crippen molar-refractivity contribution in [2.75, 3.05) is 25.0 Å². The quantitative estimate of drug-likeness (QED) is 0.880. The molecule has 0 radical (unpaired) electrons. The van der Waals surface area contributed by atoms with Gasteiger partial charge in [-0.15, -0.1) is 11.3 Å². The molecule has 1 saturated heterocycles. The van der Waals surface area contributed by atoms with Crippen LogP contribution < -0.4 is 10.2 Å². The van der Waals surface area contributed by atoms with E-state index in [1.165, 1.54) is 30.8 Å². The molecule has 1 aliphatic rings. The van der Waals surface area contributed by atoms with Crippen molar-refractivity contribution in [1.29, 1.82) is 0 Å². The molecule has 2 nitrogen and oxygen atoms in total. The van der Waals surface area contributed by atoms with Crippen LogP contribution in [0.4, 0.5) is 5.00 Å². The van der Waals surface area contributed by atoms with E-state index in [0.717, 1.165) is 10.9 Å². The number of rotatable bonds is 3. The highest BCUT2D eigenvalue weighted by Gasteiger charge is 2.15. The summed E-state index contributed by atoms with van der Waals surface area (Å²) < 4.78 is 0.869. The van der Waals surface area contributed by atoms with Crippen molar-refractivity contribution in [2.24, 2.45) is 0 Å². The zero-order valence-electron chi connectivity index (χ0n) is 9.00. The predicted molar refractivity (Wildman–Crippen MR) is 68.2 cm³/mol. The Morgan fingerprint density at radius 1 is 1.53 bits per heavy atom. The Kier molecular flexibility index (Phi) is 3.89. The lowest BCUT2D eigenvalue weighted by Crippen LogP contribution is -2.42. The number of thiophene rings is 1. The summed E-state index contributed by atoms with van der Waals surface area (Å²) in [6.07, 6.45) is 3.98. The van der Waals surface area contributed by atoms with Gasteiger partial charge in [-0.3, -0.25) is 0 Å². The van der Waals surface area contributed by atoms with E-state index >= 15 is 0 Å². The molecule has 0 spiro atoms. The Balaban J connectivity index is 1.88. The second-order valence-electron chi connectivity index (χ2n) is 4.11. The summed E-state index contributed by atoms with van der Waals surface area (Å²) in [7, 11) is 2.14. The fraction of sp³-hybridized carbons (Fsp3) is 0.636. The molecular formula is C11H17ClN2S. The smallest absolute Gasteiger partial charge is 0.0950 e. The van der Waals surface area contributed by atoms with Gasteiger partial charge in [-0.05, 0) is 31.5 Å². The Morgan fingerprint density at radius 3 is 3.00 bits per heavy atom. The lowest BCUT2D eigenvalue weighted by molar-refractivity contribution is 0.404. The molecule has 4 heteroatoms. The SMILES string of the molecule is CN(CC1CCCCN1)c1ccc(Cl)s1. The molecule has 1 aromatic rings. The van der Waals surface area contributed by atoms with E-state index in [4.69, 9.17) is 11.6 Å². The number of piperidine rings is 1. The Bertz CT molecular complexity index is 307. The van der Waals surface area contributed by atoms with E-state index in [0.29, 0.717) is 6.04 Å². The van der Waals surface area contributed by atoms with Crippen LogP contribution in [0.1, 0.15) is 19.3 Å². The second kappa shape index (κ2) is 5.19. The fourth-order valence-corrected chi connectivity index (χ4v) is 3.01. The van der Waals surface area contributed by atoms with Gasteiger partial charge in [0, 0.05) is 19.6 Å². The lowest BCUT2D eigenvalue weighted by atomic mass is 10.0. The number of likely N-dealkylation sites (N-methyl/N-ethyl adjacent to an activating group) is 1. The highest BCUT2D eigenvalue weighted by molar-refractivity contribution is 7.19. The average Bonchev–Trinajstić information content (AvgIpc) is 2.66. The van der Waals surface area contributed by atoms with Gasteiger partial charge in [-0.2, -0.15) is 0 Å². The summed E-state index contributed by atoms with van der Waals surface area (Å²) in [5.41, 5.74) is 0. The molecule has 2 heterocycles. The minimum atomic E-state index is 0.643. The van der Waals surface area contributed by atoms with Crippen molar-refractivity contribution in [1.82, 2.24) is 5.32 Å². The number of nitrogens with one attached hydrogen (secondary N) is 1. The molecule has 0 saturated carbocycles. The van der Waals surface area contributed by atoms with Crippen LogP contribution in [0.3, 0.4) is 0 Å². The van der Waals surface area contributed by atoms with E-state index in [1.807, 2.05) is 6.07 Å². The van der Waals surface area contributed by atoms with Crippen LogP contribution in [0.2, 0.25) is 4.34 Å². The molecule has 1 aliphatic heterocycles. The van der Waals surface area contributed by atoms with Gasteiger partial charge in [0.1, 0.15) is 0 Å². The Hall–Kier alpha value is -0.250. The first-order chi connectivity index (χ1) is 7.25. The summed E-state index contributed by atoms with van der Waals surface area (Å²) in [5, 5.41) is 4.81. The predicted octanol–water partition coefficient (Wildman–Crippen LogP) is 2.98. The number of hydrogen-bond acceptors (Lipinski definition) is 3. The summed E-state index contributed by atoms with van der Waals surface area (Å²) >= 11 is 7.57. The largest absolute Gasteiger partial charge is 0.365 e. The van der Waals surface area contributed by atoms with Gasteiger partial charge in [0.2, 0.25) is 0 Å². The van der Waals surface area contributed by atoms with Crippen LogP contribution in [-0.4, -0.2) is 26.2 Å². The van der Waals surface area contributed by atoms with Crippen molar-refractivity contribution >= 4 is 27.9 Å². The molecule has 15 heavy (non-hydrogen) atoms. The fourth-order valence-electron chi connectivity index (χ4n) is 2.01. The van der Waals surface area contributed by atoms with E-state index < -0.39 is 0 Å². The van der Waals surface area contributed by atoms with Crippen molar-refractivity contribution in [3.63, 3.8) is 0 Å². The lowest BCUT2D eigenvalue weighted by Gasteiger charge is -2.28. The summed E-state index contributed by atoms with van der Waals surface area (Å²) in [5.74, 6) is 0. The summed E-state index contributed by atoms with van der Waals surface area (Å²) in [6, 6.07) is 4.70. The first-order valence-electron chi connectivity index (χ1n) is 5.45. The van der Waals surface area contributed by atoms with Gasteiger partial charge in [0.25, 0.3) is 0 Å². The minimum absolute atomic E-state index is 0.643. The second-order valence-corrected chi connectivity index (χ2v) is 5.80. The number of halogens is 1. The first-order valence-corrected chi connectivity index (χ1v) is 6.65. The van der Waals surface area contributed by atoms with Gasteiger partial charge < -0.3 is 10.2 Å². The molecule has 2 rings (SSSR count). The highest BCUT2D eigenvalue weighted by atomic mass is 35.5. The number of nitrogens with zero attached hydrogens (tertiary/aromatic N) is 1. The zero-order chi connectivity index (χ0) is 10.7. The van der Waals surface area contributed by atoms with Gasteiger partial charge in [-0.25, -0.2) is 0 Å². The summed E-state index contributed by atoms with van der Waals surface area (Å²) in [4.78, 5) is 2.29. The molecule has 1 fully saturated rings. The molecule has 0 aliphatic carbocycles. The van der Waals surface area contributed by atoms with Crippen LogP contribution in [-0.2, 0) is 0 Å². The Labute approximate surface area is 100 Å². The van der Waals surface area contributed by atoms with Crippen LogP contribution in [0.5, 0.6) is 0 Å². The molecule has 84 valence electrons. The van der Waals surface area contributed by atoms with Crippen molar-refractivity contribution in [2.45, 2.75) is 25.3 Å². The normalized spacial score (nSPS) is 21.6. The van der Waals surface area contributed by atoms with E-state index in [9.17, 15) is 0 Å². The first kappa shape index (κ1) is 11.2. The number of anilines is 1. The molecule has 0 amide bonds. The Morgan fingerprint density at radius 2 is 2.40 bits per heavy atom. The van der Waals surface area contributed by atoms with E-state index in [-0.39, 0.29) is 0 Å². The van der Waals surface area contributed by atoms with Crippen molar-refractivity contribution < 1.29 is 0 Å². The maximum Gasteiger partial charge on any atom is 0.0950 e. The zero-order valence-corrected chi connectivity index (χ0v) is 10.6. The topological polar surface area (TPSA) is 15.3 Å². The standard InChI is InChI=1S/C11H17ClN2S/c1-14(11-6-5-10(12)15-11)8-9-4-2-3-7-13-9/h5-6,9,13H,2-4,7-8H2,1H3. The van der Waals surface area contributed by atoms with E-state index in [1.54, 1.807) is 11.3 Å². The average molecular weight is 245 g/mol. The molecule has 1 unspecified atom stereocenters. The molecule has 1 N–H and O–H groups in total. The maximum atomic E-state index is 5.92. The van der Waals surface area contributed by atoms with Gasteiger partial charge in [0.15, 0.2) is 0 Å². The van der Waals surface area contributed by atoms with Crippen molar-refractivity contribution in [3.8, 4) is 0 Å². The van der Waals surface area contributed by atoms with Crippen molar-refractivity contribution in [3.05, 3.63) is 16.5 Å². The molecule has 1 atom stereocenters. The van der Waals surface area contributed by atoms with Crippen LogP contribution in [0.25, 0.3) is 0 Å². The summed E-state index contributed by atoms with van der Waals surface area (Å²) in [6.45, 7) is 2.25. The minimum Gasteiger partial charge on any atom is -0.365 e. The van der Waals surface area contributed by atoms with Crippen LogP contribution in [0, 0.1) is 0 Å². The van der Waals surface area contributed by atoms with Gasteiger partial charge in [-0.1, -0.05) is 18.0 Å². The third kappa shape index (κ3) is 3.10.